The number of hydrogen-bond donors (Lipinski definition) is 5. The van der Waals surface area contributed by atoms with Crippen molar-refractivity contribution >= 4 is 49.8 Å². The molecule has 1 heterocycles. The molecule has 6 N–H and O–H groups in total. The molecule has 0 saturated heterocycles. The van der Waals surface area contributed by atoms with E-state index < -0.39 is 85.7 Å². The number of carbonyl (C=O) groups excluding carboxylic acids is 5. The van der Waals surface area contributed by atoms with Crippen molar-refractivity contribution in [1.82, 2.24) is 25.4 Å². The second kappa shape index (κ2) is 26.0. The molecule has 0 spiro atoms. The van der Waals surface area contributed by atoms with E-state index in [-0.39, 0.29) is 50.6 Å². The third-order valence-corrected chi connectivity index (χ3v) is 13.4. The van der Waals surface area contributed by atoms with Gasteiger partial charge >= 0.3 is 12.1 Å². The van der Waals surface area contributed by atoms with E-state index >= 15 is 4.39 Å². The second-order valence-electron chi connectivity index (χ2n) is 19.3. The third kappa shape index (κ3) is 19.7. The van der Waals surface area contributed by atoms with E-state index in [1.54, 1.807) is 12.3 Å². The highest BCUT2D eigenvalue weighted by atomic mass is 32.3. The molecule has 14 nitrogen and oxygen atoms in total. The number of ether oxygens (including phenoxy) is 2. The van der Waals surface area contributed by atoms with Gasteiger partial charge in [-0.1, -0.05) is 51.1 Å². The van der Waals surface area contributed by atoms with Gasteiger partial charge in [-0.05, 0) is 98.5 Å². The number of nitrogens with two attached hydrogens (primary N) is 1. The van der Waals surface area contributed by atoms with Crippen molar-refractivity contribution in [3.05, 3.63) is 83.7 Å². The first-order chi connectivity index (χ1) is 30.9. The minimum atomic E-state index is -1.07. The zero-order valence-electron chi connectivity index (χ0n) is 40.3. The van der Waals surface area contributed by atoms with Gasteiger partial charge in [-0.25, -0.2) is 38.4 Å². The van der Waals surface area contributed by atoms with Crippen molar-refractivity contribution in [3.63, 3.8) is 0 Å². The van der Waals surface area contributed by atoms with Crippen LogP contribution in [0.3, 0.4) is 0 Å². The van der Waals surface area contributed by atoms with Crippen LogP contribution in [0.15, 0.2) is 60.8 Å². The number of hydrogen-bond acceptors (Lipinski definition) is 9. The van der Waals surface area contributed by atoms with Crippen molar-refractivity contribution in [1.29, 1.82) is 0 Å². The summed E-state index contributed by atoms with van der Waals surface area (Å²) in [7, 11) is -1.74. The minimum absolute atomic E-state index is 0.00161. The summed E-state index contributed by atoms with van der Waals surface area (Å²) in [5.41, 5.74) is 7.66. The monoisotopic (exact) mass is 964 g/mol. The zero-order chi connectivity index (χ0) is 49.2. The van der Waals surface area contributed by atoms with Gasteiger partial charge in [0.15, 0.2) is 0 Å². The molecule has 66 heavy (non-hydrogen) atoms. The van der Waals surface area contributed by atoms with Gasteiger partial charge in [0.25, 0.3) is 0 Å². The van der Waals surface area contributed by atoms with Gasteiger partial charge in [-0.2, -0.15) is 0 Å². The van der Waals surface area contributed by atoms with Gasteiger partial charge in [0, 0.05) is 67.1 Å². The van der Waals surface area contributed by atoms with Gasteiger partial charge < -0.3 is 45.7 Å². The first-order valence-corrected chi connectivity index (χ1v) is 28.3. The van der Waals surface area contributed by atoms with Crippen LogP contribution in [0.2, 0.25) is 0 Å². The molecule has 0 aliphatic carbocycles. The molecule has 1 aromatic heterocycles. The predicted octanol–water partition coefficient (Wildman–Crippen LogP) is 5.93. The van der Waals surface area contributed by atoms with Gasteiger partial charge in [0.1, 0.15) is 30.9 Å². The van der Waals surface area contributed by atoms with Crippen LogP contribution in [0.5, 0.6) is 0 Å². The van der Waals surface area contributed by atoms with E-state index in [1.807, 2.05) is 55.7 Å². The summed E-state index contributed by atoms with van der Waals surface area (Å²) in [6.07, 6.45) is 15.1. The SMILES string of the molecule is CC(C)(C)[C@H](c1cc(-c2cc(F)ccc2F)cn1Cc1ccccc1)N(CC[C@H](N)C(=O)NCCC(=O)NCCCC[C@H](NC(=O)OCCS(C)(C)C)C(=O)OCCS(C)(C)C)C(=O)CO. The number of nitrogens with one attached hydrogen (secondary N) is 3. The molecular weight excluding hydrogens is 891 g/mol. The Morgan fingerprint density at radius 3 is 2.12 bits per heavy atom. The highest BCUT2D eigenvalue weighted by Gasteiger charge is 2.37. The lowest BCUT2D eigenvalue weighted by Gasteiger charge is -2.41. The molecule has 0 fully saturated rings. The van der Waals surface area contributed by atoms with Crippen LogP contribution in [-0.2, 0) is 35.2 Å². The molecule has 0 bridgehead atoms. The molecule has 3 rings (SSSR count). The minimum Gasteiger partial charge on any atom is -0.463 e. The predicted molar refractivity (Wildman–Crippen MR) is 263 cm³/mol. The summed E-state index contributed by atoms with van der Waals surface area (Å²) in [6.45, 7) is 6.08. The Morgan fingerprint density at radius 1 is 0.848 bits per heavy atom. The van der Waals surface area contributed by atoms with Gasteiger partial charge in [-0.3, -0.25) is 14.4 Å². The highest BCUT2D eigenvalue weighted by Crippen LogP contribution is 2.41. The van der Waals surface area contributed by atoms with Gasteiger partial charge in [0.2, 0.25) is 17.7 Å². The number of benzene rings is 2. The van der Waals surface area contributed by atoms with Crippen LogP contribution in [0.1, 0.15) is 70.2 Å². The summed E-state index contributed by atoms with van der Waals surface area (Å²) < 4.78 is 42.2. The van der Waals surface area contributed by atoms with Crippen molar-refractivity contribution < 1.29 is 47.3 Å². The molecule has 0 aliphatic rings. The van der Waals surface area contributed by atoms with Crippen LogP contribution in [0.25, 0.3) is 11.1 Å². The Bertz CT molecular complexity index is 2050. The molecule has 0 aliphatic heterocycles. The fraction of sp³-hybridized carbons (Fsp3) is 0.562. The third-order valence-electron chi connectivity index (χ3n) is 10.6. The number of unbranched alkanes of at least 4 members (excludes halogenated alkanes) is 1. The number of aliphatic hydroxyl groups excluding tert-OH is 1. The number of aromatic nitrogens is 1. The Labute approximate surface area is 393 Å². The maximum absolute atomic E-state index is 15.1. The van der Waals surface area contributed by atoms with Crippen LogP contribution < -0.4 is 21.7 Å². The summed E-state index contributed by atoms with van der Waals surface area (Å²) in [5.74, 6) is -1.71. The molecule has 18 heteroatoms. The molecule has 3 aromatic rings. The number of carbonyl (C=O) groups is 5. The quantitative estimate of drug-likeness (QED) is 0.0480. The molecule has 2 aromatic carbocycles. The first kappa shape index (κ1) is 55.7. The molecule has 0 saturated carbocycles. The topological polar surface area (TPSA) is 194 Å². The Kier molecular flexibility index (Phi) is 22.0. The molecular formula is C48H74F2N6O8S2. The second-order valence-corrected chi connectivity index (χ2v) is 28.5. The van der Waals surface area contributed by atoms with Crippen LogP contribution >= 0.6 is 20.1 Å². The van der Waals surface area contributed by atoms with Crippen molar-refractivity contribution in [2.75, 3.05) is 88.5 Å². The number of nitrogens with zero attached hydrogens (tertiary/aromatic N) is 2. The van der Waals surface area contributed by atoms with Crippen molar-refractivity contribution in [3.8, 4) is 11.1 Å². The summed E-state index contributed by atoms with van der Waals surface area (Å²) in [5, 5.41) is 18.3. The van der Waals surface area contributed by atoms with Crippen LogP contribution in [0, 0.1) is 17.0 Å². The smallest absolute Gasteiger partial charge is 0.407 e. The average Bonchev–Trinajstić information content (AvgIpc) is 3.62. The highest BCUT2D eigenvalue weighted by molar-refractivity contribution is 8.32. The number of rotatable bonds is 26. The van der Waals surface area contributed by atoms with Gasteiger partial charge in [0.05, 0.1) is 18.7 Å². The summed E-state index contributed by atoms with van der Waals surface area (Å²) >= 11 is 0. The van der Waals surface area contributed by atoms with Crippen molar-refractivity contribution in [2.24, 2.45) is 11.1 Å². The van der Waals surface area contributed by atoms with Crippen LogP contribution in [0.4, 0.5) is 13.6 Å². The number of esters is 1. The zero-order valence-corrected chi connectivity index (χ0v) is 41.9. The Morgan fingerprint density at radius 2 is 1.50 bits per heavy atom. The first-order valence-electron chi connectivity index (χ1n) is 22.2. The van der Waals surface area contributed by atoms with E-state index in [4.69, 9.17) is 15.2 Å². The number of amides is 4. The van der Waals surface area contributed by atoms with E-state index in [0.29, 0.717) is 43.6 Å². The van der Waals surface area contributed by atoms with E-state index in [0.717, 1.165) is 35.3 Å². The fourth-order valence-corrected chi connectivity index (χ4v) is 8.21. The summed E-state index contributed by atoms with van der Waals surface area (Å²) in [4.78, 5) is 66.3. The molecule has 4 amide bonds. The molecule has 0 unspecified atom stereocenters. The Hall–Kier alpha value is -4.65. The summed E-state index contributed by atoms with van der Waals surface area (Å²) in [6, 6.07) is 11.8. The Balaban J connectivity index is 1.58. The van der Waals surface area contributed by atoms with Gasteiger partial charge in [-0.15, -0.1) is 0 Å². The average molecular weight is 965 g/mol. The lowest BCUT2D eigenvalue weighted by Crippen LogP contribution is -2.47. The van der Waals surface area contributed by atoms with E-state index in [9.17, 15) is 33.5 Å². The number of alkyl carbamates (subject to hydrolysis) is 1. The lowest BCUT2D eigenvalue weighted by molar-refractivity contribution is -0.145. The number of halogens is 2. The number of aliphatic hydroxyl groups is 1. The van der Waals surface area contributed by atoms with Crippen molar-refractivity contribution in [2.45, 2.75) is 77.5 Å². The maximum atomic E-state index is 15.1. The normalized spacial score (nSPS) is 13.8. The largest absolute Gasteiger partial charge is 0.463 e. The van der Waals surface area contributed by atoms with E-state index in [2.05, 4.69) is 53.5 Å². The molecule has 0 radical (unpaired) electrons. The molecule has 370 valence electrons. The van der Waals surface area contributed by atoms with E-state index in [1.165, 1.54) is 4.90 Å². The van der Waals surface area contributed by atoms with Crippen LogP contribution in [-0.4, -0.2) is 145 Å². The standard InChI is InChI=1S/C48H74F2N6O8S2/c1-48(2,3)44(41-29-35(37-30-36(49)18-19-38(37)50)32-55(41)31-34-15-11-10-12-16-34)56(43(59)33-57)24-21-39(51)45(60)53-23-20-42(58)52-22-14-13-17-40(46(61)63-25-27-65(4,5)6)54-47(62)64-26-28-66(7,8)9/h10-12,15-16,18-19,29-30,32,39-40,44,57H,13-14,17,20-28,31,33,51H2,1-9H3,(H,52,58)(H,53,60)(H,54,62)/t39-,40-,44-/m0/s1. The maximum Gasteiger partial charge on any atom is 0.407 e. The lowest BCUT2D eigenvalue weighted by atomic mass is 9.82. The fourth-order valence-electron chi connectivity index (χ4n) is 7.04. The molecule has 3 atom stereocenters.